The summed E-state index contributed by atoms with van der Waals surface area (Å²) in [6, 6.07) is 12.8. The maximum atomic E-state index is 14.7. The van der Waals surface area contributed by atoms with Gasteiger partial charge in [0, 0.05) is 15.4 Å². The maximum Gasteiger partial charge on any atom is 0.435 e. The highest BCUT2D eigenvalue weighted by Crippen LogP contribution is 2.34. The molecule has 10 heteroatoms. The molecule has 0 radical (unpaired) electrons. The van der Waals surface area contributed by atoms with E-state index in [-0.39, 0.29) is 28.3 Å². The third kappa shape index (κ3) is 5.17. The van der Waals surface area contributed by atoms with Crippen molar-refractivity contribution in [3.05, 3.63) is 70.6 Å². The Balaban J connectivity index is 1.86. The molecule has 2 heterocycles. The van der Waals surface area contributed by atoms with Crippen LogP contribution in [-0.2, 0) is 4.74 Å². The monoisotopic (exact) mass is 540 g/mol. The van der Waals surface area contributed by atoms with Crippen LogP contribution >= 0.6 is 15.9 Å². The average Bonchev–Trinajstić information content (AvgIpc) is 3.15. The molecule has 0 aliphatic heterocycles. The summed E-state index contributed by atoms with van der Waals surface area (Å²) in [4.78, 5) is 30.1. The predicted octanol–water partition coefficient (Wildman–Crippen LogP) is 6.04. The van der Waals surface area contributed by atoms with Crippen LogP contribution < -0.4 is 10.1 Å². The first-order valence-electron chi connectivity index (χ1n) is 10.6. The van der Waals surface area contributed by atoms with Crippen molar-refractivity contribution in [2.75, 3.05) is 12.4 Å². The molecule has 35 heavy (non-hydrogen) atoms. The van der Waals surface area contributed by atoms with Crippen LogP contribution in [0.4, 0.5) is 15.0 Å². The van der Waals surface area contributed by atoms with Crippen molar-refractivity contribution in [1.82, 2.24) is 14.8 Å². The number of carbonyl (C=O) groups excluding carboxylic acids is 2. The second-order valence-corrected chi connectivity index (χ2v) is 9.52. The highest BCUT2D eigenvalue weighted by atomic mass is 79.9. The summed E-state index contributed by atoms with van der Waals surface area (Å²) in [6.45, 7) is 5.19. The quantitative estimate of drug-likeness (QED) is 0.338. The fourth-order valence-electron chi connectivity index (χ4n) is 3.42. The summed E-state index contributed by atoms with van der Waals surface area (Å²) in [7, 11) is 1.43. The predicted molar refractivity (Wildman–Crippen MR) is 133 cm³/mol. The fraction of sp³-hybridized carbons (Fsp3) is 0.200. The van der Waals surface area contributed by atoms with Gasteiger partial charge in [-0.05, 0) is 57.2 Å². The largest absolute Gasteiger partial charge is 0.496 e. The summed E-state index contributed by atoms with van der Waals surface area (Å²) in [5.74, 6) is -0.592. The first kappa shape index (κ1) is 24.3. The van der Waals surface area contributed by atoms with E-state index in [4.69, 9.17) is 9.47 Å². The van der Waals surface area contributed by atoms with Crippen LogP contribution in [0.5, 0.6) is 5.75 Å². The molecule has 2 aromatic heterocycles. The molecule has 1 N–H and O–H groups in total. The molecule has 0 saturated carbocycles. The number of hydrogen-bond donors (Lipinski definition) is 1. The Morgan fingerprint density at radius 1 is 1.11 bits per heavy atom. The number of anilines is 1. The zero-order chi connectivity index (χ0) is 25.3. The van der Waals surface area contributed by atoms with Crippen molar-refractivity contribution in [2.24, 2.45) is 0 Å². The fourth-order valence-corrected chi connectivity index (χ4v) is 3.82. The van der Waals surface area contributed by atoms with Gasteiger partial charge in [0.05, 0.1) is 24.6 Å². The van der Waals surface area contributed by atoms with Crippen LogP contribution in [0.2, 0.25) is 0 Å². The number of methoxy groups -OCH3 is 1. The van der Waals surface area contributed by atoms with E-state index in [0.717, 1.165) is 9.15 Å². The number of ether oxygens (including phenoxy) is 2. The van der Waals surface area contributed by atoms with E-state index in [9.17, 15) is 14.0 Å². The van der Waals surface area contributed by atoms with Crippen molar-refractivity contribution in [1.29, 1.82) is 0 Å². The number of nitrogens with zero attached hydrogens (tertiary/aromatic N) is 3. The molecule has 0 saturated heterocycles. The van der Waals surface area contributed by atoms with Crippen molar-refractivity contribution in [3.63, 3.8) is 0 Å². The lowest BCUT2D eigenvalue weighted by Crippen LogP contribution is -2.27. The maximum absolute atomic E-state index is 14.7. The number of nitrogens with one attached hydrogen (secondary N) is 1. The Morgan fingerprint density at radius 2 is 1.86 bits per heavy atom. The lowest BCUT2D eigenvalue weighted by Gasteiger charge is -2.19. The SMILES string of the molecule is COc1cccc(F)c1-c1cc2c(NC(=O)c3cccc(Br)c3)nn(C(=O)OC(C)(C)C)c2cn1. The van der Waals surface area contributed by atoms with Gasteiger partial charge in [0.15, 0.2) is 5.82 Å². The molecule has 0 spiro atoms. The van der Waals surface area contributed by atoms with Gasteiger partial charge in [-0.2, -0.15) is 4.68 Å². The molecule has 0 atom stereocenters. The van der Waals surface area contributed by atoms with Crippen LogP contribution in [0.3, 0.4) is 0 Å². The minimum atomic E-state index is -0.775. The van der Waals surface area contributed by atoms with Crippen molar-refractivity contribution in [2.45, 2.75) is 26.4 Å². The number of fused-ring (bicyclic) bond motifs is 1. The van der Waals surface area contributed by atoms with Crippen LogP contribution in [0.15, 0.2) is 59.2 Å². The highest BCUT2D eigenvalue weighted by Gasteiger charge is 2.25. The number of rotatable bonds is 4. The first-order chi connectivity index (χ1) is 16.6. The molecule has 4 aromatic rings. The summed E-state index contributed by atoms with van der Waals surface area (Å²) < 4.78 is 27.2. The van der Waals surface area contributed by atoms with Gasteiger partial charge in [0.2, 0.25) is 0 Å². The molecular weight excluding hydrogens is 519 g/mol. The lowest BCUT2D eigenvalue weighted by molar-refractivity contribution is 0.0522. The number of pyridine rings is 1. The van der Waals surface area contributed by atoms with E-state index in [1.807, 2.05) is 0 Å². The number of halogens is 2. The molecule has 0 bridgehead atoms. The van der Waals surface area contributed by atoms with Crippen molar-refractivity contribution >= 4 is 44.7 Å². The average molecular weight is 541 g/mol. The molecule has 0 aliphatic rings. The van der Waals surface area contributed by atoms with Gasteiger partial charge >= 0.3 is 6.09 Å². The minimum absolute atomic E-state index is 0.0924. The molecule has 0 aliphatic carbocycles. The second-order valence-electron chi connectivity index (χ2n) is 8.61. The minimum Gasteiger partial charge on any atom is -0.496 e. The molecular formula is C25H22BrFN4O4. The molecule has 4 rings (SSSR count). The molecule has 2 aromatic carbocycles. The van der Waals surface area contributed by atoms with Crippen LogP contribution in [0.1, 0.15) is 31.1 Å². The van der Waals surface area contributed by atoms with Gasteiger partial charge in [-0.1, -0.05) is 28.1 Å². The van der Waals surface area contributed by atoms with Gasteiger partial charge in [0.25, 0.3) is 5.91 Å². The third-order valence-electron chi connectivity index (χ3n) is 4.90. The smallest absolute Gasteiger partial charge is 0.435 e. The molecule has 0 unspecified atom stereocenters. The van der Waals surface area contributed by atoms with E-state index in [0.29, 0.717) is 10.9 Å². The van der Waals surface area contributed by atoms with Gasteiger partial charge in [-0.15, -0.1) is 5.10 Å². The van der Waals surface area contributed by atoms with E-state index in [1.54, 1.807) is 57.2 Å². The zero-order valence-corrected chi connectivity index (χ0v) is 21.0. The van der Waals surface area contributed by atoms with Gasteiger partial charge in [-0.25, -0.2) is 9.18 Å². The molecule has 0 fully saturated rings. The standard InChI is InChI=1S/C25H22BrFN4O4/c1-25(2,3)35-24(33)31-19-13-28-18(21-17(27)9-6-10-20(21)34-4)12-16(19)22(30-31)29-23(32)14-7-5-8-15(26)11-14/h5-13H,1-4H3,(H,29,30,32). The lowest BCUT2D eigenvalue weighted by atomic mass is 10.1. The highest BCUT2D eigenvalue weighted by molar-refractivity contribution is 9.10. The summed E-state index contributed by atoms with van der Waals surface area (Å²) in [6.07, 6.45) is 0.630. The number of aromatic nitrogens is 3. The Hall–Kier alpha value is -3.79. The van der Waals surface area contributed by atoms with Gasteiger partial charge in [0.1, 0.15) is 22.7 Å². The molecule has 8 nitrogen and oxygen atoms in total. The summed E-state index contributed by atoms with van der Waals surface area (Å²) >= 11 is 3.35. The van der Waals surface area contributed by atoms with Crippen molar-refractivity contribution < 1.29 is 23.5 Å². The zero-order valence-electron chi connectivity index (χ0n) is 19.4. The normalized spacial score (nSPS) is 11.4. The van der Waals surface area contributed by atoms with Crippen LogP contribution in [-0.4, -0.2) is 39.5 Å². The van der Waals surface area contributed by atoms with E-state index in [1.165, 1.54) is 25.4 Å². The first-order valence-corrected chi connectivity index (χ1v) is 11.4. The second kappa shape index (κ2) is 9.46. The van der Waals surface area contributed by atoms with Gasteiger partial charge in [-0.3, -0.25) is 9.78 Å². The molecule has 180 valence electrons. The van der Waals surface area contributed by atoms with Crippen LogP contribution in [0, 0.1) is 5.82 Å². The molecule has 1 amide bonds. The van der Waals surface area contributed by atoms with Gasteiger partial charge < -0.3 is 14.8 Å². The third-order valence-corrected chi connectivity index (χ3v) is 5.40. The van der Waals surface area contributed by atoms with Crippen molar-refractivity contribution in [3.8, 4) is 17.0 Å². The Kier molecular flexibility index (Phi) is 6.58. The number of hydrogen-bond acceptors (Lipinski definition) is 6. The summed E-state index contributed by atoms with van der Waals surface area (Å²) in [5.41, 5.74) is 0.274. The number of carbonyl (C=O) groups is 2. The van der Waals surface area contributed by atoms with E-state index in [2.05, 4.69) is 31.3 Å². The Labute approximate surface area is 209 Å². The Bertz CT molecular complexity index is 1450. The summed E-state index contributed by atoms with van der Waals surface area (Å²) in [5, 5.41) is 7.40. The topological polar surface area (TPSA) is 95.3 Å². The Morgan fingerprint density at radius 3 is 2.54 bits per heavy atom. The van der Waals surface area contributed by atoms with E-state index >= 15 is 0 Å². The van der Waals surface area contributed by atoms with Crippen LogP contribution in [0.25, 0.3) is 22.2 Å². The van der Waals surface area contributed by atoms with E-state index < -0.39 is 23.4 Å². The number of benzene rings is 2. The number of amides is 1.